The summed E-state index contributed by atoms with van der Waals surface area (Å²) in [4.78, 5) is 53.0. The average molecular weight is 530 g/mol. The first-order chi connectivity index (χ1) is 17.2. The number of aliphatic hydroxyl groups excluding tert-OH is 1. The fraction of sp³-hybridized carbons (Fsp3) is 0.760. The van der Waals surface area contributed by atoms with Gasteiger partial charge in [-0.3, -0.25) is 9.59 Å². The first-order valence-electron chi connectivity index (χ1n) is 12.7. The Labute approximate surface area is 215 Å². The van der Waals surface area contributed by atoms with E-state index in [4.69, 9.17) is 9.47 Å². The molecular formula is C25H37F2N3O7. The Balaban J connectivity index is 1.91. The number of fused-ring (bicyclic) bond motifs is 2. The largest absolute Gasteiger partial charge is 0.464 e. The van der Waals surface area contributed by atoms with E-state index in [0.29, 0.717) is 0 Å². The van der Waals surface area contributed by atoms with Crippen LogP contribution in [0.3, 0.4) is 0 Å². The molecule has 0 radical (unpaired) electrons. The Hall–Kier alpha value is -2.76. The number of halogens is 2. The van der Waals surface area contributed by atoms with Crippen molar-refractivity contribution >= 4 is 23.9 Å². The van der Waals surface area contributed by atoms with E-state index in [-0.39, 0.29) is 32.4 Å². The number of alkyl carbamates (subject to hydrolysis) is 1. The standard InChI is InChI=1S/C25H37F2N3O7/c1-5-36-21(34)25-13-15(25)8-6-7-10-24(26,27)11-9-17(28-22(35)37-23(2,3)4)20(33)30-14-16(31)12-18(30)19(32)29-25/h6,8,15-18,31H,5,7,9-14H2,1-4H3,(H,28,35)(H,29,32)/b8-6-/t15-,16-,17+,18+,25-/m1/s1. The number of amides is 3. The maximum absolute atomic E-state index is 14.7. The monoisotopic (exact) mass is 529 g/mol. The molecule has 1 saturated heterocycles. The van der Waals surface area contributed by atoms with Crippen molar-refractivity contribution in [3.8, 4) is 0 Å². The summed E-state index contributed by atoms with van der Waals surface area (Å²) in [7, 11) is 0. The third kappa shape index (κ3) is 7.18. The molecule has 3 amide bonds. The van der Waals surface area contributed by atoms with Crippen LogP contribution in [-0.2, 0) is 23.9 Å². The molecule has 0 aromatic rings. The Morgan fingerprint density at radius 2 is 1.97 bits per heavy atom. The van der Waals surface area contributed by atoms with E-state index >= 15 is 0 Å². The van der Waals surface area contributed by atoms with E-state index in [1.165, 1.54) is 0 Å². The number of hydrogen-bond acceptors (Lipinski definition) is 7. The molecule has 2 heterocycles. The maximum atomic E-state index is 14.7. The Morgan fingerprint density at radius 1 is 1.27 bits per heavy atom. The van der Waals surface area contributed by atoms with Gasteiger partial charge in [0, 0.05) is 31.7 Å². The molecule has 3 rings (SSSR count). The predicted octanol–water partition coefficient (Wildman–Crippen LogP) is 2.05. The molecule has 10 nitrogen and oxygen atoms in total. The minimum Gasteiger partial charge on any atom is -0.464 e. The van der Waals surface area contributed by atoms with Gasteiger partial charge < -0.3 is 30.1 Å². The number of nitrogens with zero attached hydrogens (tertiary/aromatic N) is 1. The van der Waals surface area contributed by atoms with Crippen LogP contribution in [0.5, 0.6) is 0 Å². The zero-order valence-corrected chi connectivity index (χ0v) is 21.7. The zero-order valence-electron chi connectivity index (χ0n) is 21.7. The van der Waals surface area contributed by atoms with Crippen LogP contribution in [0.15, 0.2) is 12.2 Å². The maximum Gasteiger partial charge on any atom is 0.408 e. The number of ether oxygens (including phenoxy) is 2. The molecule has 5 atom stereocenters. The van der Waals surface area contributed by atoms with Gasteiger partial charge in [0.1, 0.15) is 23.2 Å². The molecular weight excluding hydrogens is 492 g/mol. The molecule has 208 valence electrons. The lowest BCUT2D eigenvalue weighted by Crippen LogP contribution is -2.57. The number of nitrogens with one attached hydrogen (secondary N) is 2. The third-order valence-corrected chi connectivity index (χ3v) is 6.70. The molecule has 2 fully saturated rings. The van der Waals surface area contributed by atoms with Crippen molar-refractivity contribution in [1.29, 1.82) is 0 Å². The van der Waals surface area contributed by atoms with Crippen molar-refractivity contribution < 1.29 is 42.5 Å². The number of rotatable bonds is 3. The van der Waals surface area contributed by atoms with Crippen LogP contribution >= 0.6 is 0 Å². The van der Waals surface area contributed by atoms with Crippen LogP contribution in [0, 0.1) is 5.92 Å². The summed E-state index contributed by atoms with van der Waals surface area (Å²) in [6.07, 6.45) is -0.244. The molecule has 0 aromatic heterocycles. The second-order valence-corrected chi connectivity index (χ2v) is 10.9. The van der Waals surface area contributed by atoms with E-state index in [2.05, 4.69) is 10.6 Å². The molecule has 2 aliphatic heterocycles. The number of aliphatic hydroxyl groups is 1. The highest BCUT2D eigenvalue weighted by Gasteiger charge is 2.62. The fourth-order valence-corrected chi connectivity index (χ4v) is 4.76. The Kier molecular flexibility index (Phi) is 8.50. The van der Waals surface area contributed by atoms with E-state index in [9.17, 15) is 33.1 Å². The van der Waals surface area contributed by atoms with Gasteiger partial charge in [-0.15, -0.1) is 0 Å². The molecule has 3 aliphatic rings. The second-order valence-electron chi connectivity index (χ2n) is 10.9. The normalized spacial score (nSPS) is 33.1. The van der Waals surface area contributed by atoms with E-state index in [1.807, 2.05) is 0 Å². The summed E-state index contributed by atoms with van der Waals surface area (Å²) in [6, 6.07) is -2.57. The number of allylic oxidation sites excluding steroid dienone is 1. The van der Waals surface area contributed by atoms with Gasteiger partial charge in [-0.05, 0) is 47.0 Å². The summed E-state index contributed by atoms with van der Waals surface area (Å²) >= 11 is 0. The van der Waals surface area contributed by atoms with Crippen molar-refractivity contribution in [2.75, 3.05) is 13.2 Å². The van der Waals surface area contributed by atoms with Gasteiger partial charge in [0.25, 0.3) is 0 Å². The van der Waals surface area contributed by atoms with Crippen LogP contribution in [0.1, 0.15) is 66.2 Å². The molecule has 0 unspecified atom stereocenters. The third-order valence-electron chi connectivity index (χ3n) is 6.70. The van der Waals surface area contributed by atoms with Crippen molar-refractivity contribution in [1.82, 2.24) is 15.5 Å². The van der Waals surface area contributed by atoms with Crippen LogP contribution in [0.25, 0.3) is 0 Å². The first kappa shape index (κ1) is 28.8. The highest BCUT2D eigenvalue weighted by atomic mass is 19.3. The summed E-state index contributed by atoms with van der Waals surface area (Å²) < 4.78 is 39.7. The Morgan fingerprint density at radius 3 is 2.62 bits per heavy atom. The van der Waals surface area contributed by atoms with Crippen LogP contribution in [-0.4, -0.2) is 82.3 Å². The highest BCUT2D eigenvalue weighted by molar-refractivity contribution is 5.96. The number of alkyl halides is 2. The summed E-state index contributed by atoms with van der Waals surface area (Å²) in [6.45, 7) is 6.35. The lowest BCUT2D eigenvalue weighted by Gasteiger charge is -2.30. The number of carbonyl (C=O) groups is 4. The molecule has 1 aliphatic carbocycles. The summed E-state index contributed by atoms with van der Waals surface area (Å²) in [5, 5.41) is 15.4. The minimum absolute atomic E-state index is 0.0232. The van der Waals surface area contributed by atoms with Crippen molar-refractivity contribution in [2.45, 2.75) is 101 Å². The lowest BCUT2D eigenvalue weighted by molar-refractivity contribution is -0.150. The summed E-state index contributed by atoms with van der Waals surface area (Å²) in [5.74, 6) is -5.66. The van der Waals surface area contributed by atoms with Crippen molar-refractivity contribution in [2.24, 2.45) is 5.92 Å². The van der Waals surface area contributed by atoms with Crippen LogP contribution in [0.2, 0.25) is 0 Å². The number of carbonyl (C=O) groups excluding carboxylic acids is 4. The highest BCUT2D eigenvalue weighted by Crippen LogP contribution is 2.46. The van der Waals surface area contributed by atoms with Crippen molar-refractivity contribution in [3.63, 3.8) is 0 Å². The van der Waals surface area contributed by atoms with Crippen LogP contribution < -0.4 is 10.6 Å². The lowest BCUT2D eigenvalue weighted by atomic mass is 10.0. The van der Waals surface area contributed by atoms with E-state index < -0.39 is 84.3 Å². The molecule has 0 spiro atoms. The molecule has 0 aromatic carbocycles. The SMILES string of the molecule is CCOC(=O)[C@@]12C[C@H]1/C=C\CCC(F)(F)CC[C@H](NC(=O)OC(C)(C)C)C(=O)N1C[C@H](O)C[C@H]1C(=O)N2. The average Bonchev–Trinajstić information content (AvgIpc) is 3.33. The predicted molar refractivity (Wildman–Crippen MR) is 127 cm³/mol. The van der Waals surface area contributed by atoms with Gasteiger partial charge in [-0.1, -0.05) is 12.2 Å². The first-order valence-corrected chi connectivity index (χ1v) is 12.7. The van der Waals surface area contributed by atoms with Gasteiger partial charge in [-0.25, -0.2) is 18.4 Å². The fourth-order valence-electron chi connectivity index (χ4n) is 4.76. The van der Waals surface area contributed by atoms with Crippen LogP contribution in [0.4, 0.5) is 13.6 Å². The summed E-state index contributed by atoms with van der Waals surface area (Å²) in [5.41, 5.74) is -2.25. The van der Waals surface area contributed by atoms with E-state index in [0.717, 1.165) is 4.90 Å². The second kappa shape index (κ2) is 10.9. The van der Waals surface area contributed by atoms with E-state index in [1.54, 1.807) is 39.8 Å². The van der Waals surface area contributed by atoms with Gasteiger partial charge in [0.15, 0.2) is 0 Å². The molecule has 1 saturated carbocycles. The number of hydrogen-bond donors (Lipinski definition) is 3. The van der Waals surface area contributed by atoms with Gasteiger partial charge >= 0.3 is 12.1 Å². The topological polar surface area (TPSA) is 134 Å². The minimum atomic E-state index is -3.13. The Bertz CT molecular complexity index is 936. The zero-order chi connectivity index (χ0) is 27.6. The number of esters is 1. The van der Waals surface area contributed by atoms with Gasteiger partial charge in [-0.2, -0.15) is 0 Å². The van der Waals surface area contributed by atoms with Gasteiger partial charge in [0.2, 0.25) is 17.7 Å². The van der Waals surface area contributed by atoms with Crippen molar-refractivity contribution in [3.05, 3.63) is 12.2 Å². The molecule has 37 heavy (non-hydrogen) atoms. The molecule has 12 heteroatoms. The quantitative estimate of drug-likeness (QED) is 0.376. The molecule has 0 bridgehead atoms. The van der Waals surface area contributed by atoms with Gasteiger partial charge in [0.05, 0.1) is 12.7 Å². The smallest absolute Gasteiger partial charge is 0.408 e. The molecule has 3 N–H and O–H groups in total.